The summed E-state index contributed by atoms with van der Waals surface area (Å²) in [5.41, 5.74) is 6.05. The van der Waals surface area contributed by atoms with Crippen LogP contribution in [-0.4, -0.2) is 36.4 Å². The summed E-state index contributed by atoms with van der Waals surface area (Å²) in [6.45, 7) is 0.773. The summed E-state index contributed by atoms with van der Waals surface area (Å²) >= 11 is 0. The molecule has 0 aromatic carbocycles. The van der Waals surface area contributed by atoms with Gasteiger partial charge in [0.05, 0.1) is 12.2 Å². The van der Waals surface area contributed by atoms with E-state index in [2.05, 4.69) is 16.7 Å². The van der Waals surface area contributed by atoms with Crippen molar-refractivity contribution < 1.29 is 9.90 Å². The number of nitrogens with zero attached hydrogens (tertiary/aromatic N) is 1. The summed E-state index contributed by atoms with van der Waals surface area (Å²) in [5.74, 6) is 0.621. The standard InChI is InChI=1S/C17H32N4O2.ClH/c18-10-6-1-2-7-11-20-17(23)21-13-16(22)15(19)12-14-8-4-3-5-9-14;/h14-16,22H,1-9,11-13,19H2,(H2,20,21,23);1H/t15-,16+;/m0./s1. The Labute approximate surface area is 152 Å². The van der Waals surface area contributed by atoms with Gasteiger partial charge in [0.25, 0.3) is 0 Å². The van der Waals surface area contributed by atoms with Gasteiger partial charge in [0.15, 0.2) is 0 Å². The number of nitrogens with one attached hydrogen (secondary N) is 2. The molecule has 0 heterocycles. The molecule has 1 aliphatic carbocycles. The van der Waals surface area contributed by atoms with Crippen LogP contribution < -0.4 is 16.4 Å². The zero-order chi connectivity index (χ0) is 16.9. The lowest BCUT2D eigenvalue weighted by atomic mass is 9.84. The summed E-state index contributed by atoms with van der Waals surface area (Å²) in [6, 6.07) is 1.56. The van der Waals surface area contributed by atoms with E-state index >= 15 is 0 Å². The smallest absolute Gasteiger partial charge is 0.314 e. The van der Waals surface area contributed by atoms with E-state index in [1.165, 1.54) is 32.1 Å². The van der Waals surface area contributed by atoms with Crippen molar-refractivity contribution >= 4 is 18.4 Å². The molecule has 0 saturated heterocycles. The molecular formula is C17H33ClN4O2. The van der Waals surface area contributed by atoms with E-state index in [9.17, 15) is 9.90 Å². The molecule has 0 unspecified atom stereocenters. The molecule has 7 heteroatoms. The number of hydrogen-bond acceptors (Lipinski definition) is 4. The molecule has 140 valence electrons. The summed E-state index contributed by atoms with van der Waals surface area (Å²) < 4.78 is 0. The fraction of sp³-hybridized carbons (Fsp3) is 0.882. The number of unbranched alkanes of at least 4 members (excludes halogenated alkanes) is 3. The number of halogens is 1. The molecule has 1 saturated carbocycles. The first kappa shape index (κ1) is 23.0. The number of aliphatic hydroxyl groups excluding tert-OH is 1. The van der Waals surface area contributed by atoms with Gasteiger partial charge in [0.2, 0.25) is 0 Å². The molecule has 1 fully saturated rings. The molecule has 2 atom stereocenters. The van der Waals surface area contributed by atoms with Gasteiger partial charge >= 0.3 is 6.03 Å². The van der Waals surface area contributed by atoms with Gasteiger partial charge in [-0.05, 0) is 25.2 Å². The van der Waals surface area contributed by atoms with Crippen LogP contribution in [-0.2, 0) is 0 Å². The first-order valence-corrected chi connectivity index (χ1v) is 8.95. The third kappa shape index (κ3) is 10.7. The monoisotopic (exact) mass is 360 g/mol. The van der Waals surface area contributed by atoms with Gasteiger partial charge in [-0.3, -0.25) is 0 Å². The van der Waals surface area contributed by atoms with E-state index in [1.807, 2.05) is 0 Å². The second-order valence-electron chi connectivity index (χ2n) is 6.58. The Kier molecular flexibility index (Phi) is 13.7. The number of hydrogen-bond donors (Lipinski definition) is 4. The molecule has 0 aromatic heterocycles. The van der Waals surface area contributed by atoms with Gasteiger partial charge in [-0.15, -0.1) is 12.4 Å². The fourth-order valence-electron chi connectivity index (χ4n) is 3.08. The van der Waals surface area contributed by atoms with Gasteiger partial charge in [-0.1, -0.05) is 38.5 Å². The number of nitriles is 1. The summed E-state index contributed by atoms with van der Waals surface area (Å²) in [4.78, 5) is 11.6. The van der Waals surface area contributed by atoms with Crippen LogP contribution in [0.25, 0.3) is 0 Å². The van der Waals surface area contributed by atoms with Crippen molar-refractivity contribution in [3.05, 3.63) is 0 Å². The number of nitrogens with two attached hydrogens (primary N) is 1. The average Bonchev–Trinajstić information content (AvgIpc) is 2.56. The van der Waals surface area contributed by atoms with Crippen LogP contribution in [0.15, 0.2) is 0 Å². The number of rotatable bonds is 10. The molecule has 1 rings (SSSR count). The van der Waals surface area contributed by atoms with Crippen molar-refractivity contribution in [2.75, 3.05) is 13.1 Å². The van der Waals surface area contributed by atoms with Crippen LogP contribution in [0.5, 0.6) is 0 Å². The number of carbonyl (C=O) groups is 1. The minimum Gasteiger partial charge on any atom is -0.390 e. The molecule has 0 bridgehead atoms. The minimum absolute atomic E-state index is 0. The maximum Gasteiger partial charge on any atom is 0.314 e. The van der Waals surface area contributed by atoms with E-state index in [4.69, 9.17) is 11.0 Å². The zero-order valence-electron chi connectivity index (χ0n) is 14.5. The molecule has 6 nitrogen and oxygen atoms in total. The van der Waals surface area contributed by atoms with Crippen molar-refractivity contribution in [3.63, 3.8) is 0 Å². The molecule has 0 radical (unpaired) electrons. The van der Waals surface area contributed by atoms with E-state index in [0.717, 1.165) is 25.7 Å². The Hall–Kier alpha value is -1.03. The second kappa shape index (κ2) is 14.3. The van der Waals surface area contributed by atoms with Crippen molar-refractivity contribution in [2.45, 2.75) is 76.4 Å². The topological polar surface area (TPSA) is 111 Å². The lowest BCUT2D eigenvalue weighted by Crippen LogP contribution is -2.47. The van der Waals surface area contributed by atoms with Crippen LogP contribution in [0.4, 0.5) is 4.79 Å². The van der Waals surface area contributed by atoms with Crippen LogP contribution >= 0.6 is 12.4 Å². The predicted octanol–water partition coefficient (Wildman–Crippen LogP) is 2.45. The molecule has 0 aliphatic heterocycles. The zero-order valence-corrected chi connectivity index (χ0v) is 15.3. The van der Waals surface area contributed by atoms with Crippen molar-refractivity contribution in [1.29, 1.82) is 5.26 Å². The highest BCUT2D eigenvalue weighted by Gasteiger charge is 2.21. The number of urea groups is 1. The van der Waals surface area contributed by atoms with Crippen molar-refractivity contribution in [3.8, 4) is 6.07 Å². The Bertz CT molecular complexity index is 370. The third-order valence-electron chi connectivity index (χ3n) is 4.55. The van der Waals surface area contributed by atoms with Crippen molar-refractivity contribution in [2.24, 2.45) is 11.7 Å². The normalized spacial score (nSPS) is 17.2. The SMILES string of the molecule is Cl.N#CCCCCCNC(=O)NC[C@@H](O)[C@@H](N)CC1CCCCC1. The molecule has 1 aliphatic rings. The van der Waals surface area contributed by atoms with E-state index in [0.29, 0.717) is 18.9 Å². The van der Waals surface area contributed by atoms with Gasteiger partial charge in [-0.25, -0.2) is 4.79 Å². The first-order valence-electron chi connectivity index (χ1n) is 8.95. The van der Waals surface area contributed by atoms with Gasteiger partial charge in [0, 0.05) is 25.6 Å². The third-order valence-corrected chi connectivity index (χ3v) is 4.55. The second-order valence-corrected chi connectivity index (χ2v) is 6.58. The number of carbonyl (C=O) groups excluding carboxylic acids is 1. The predicted molar refractivity (Wildman–Crippen MR) is 97.9 cm³/mol. The highest BCUT2D eigenvalue weighted by molar-refractivity contribution is 5.85. The summed E-state index contributed by atoms with van der Waals surface area (Å²) in [5, 5.41) is 23.9. The maximum absolute atomic E-state index is 11.6. The van der Waals surface area contributed by atoms with E-state index < -0.39 is 6.10 Å². The Morgan fingerprint density at radius 1 is 1.21 bits per heavy atom. The highest BCUT2D eigenvalue weighted by Crippen LogP contribution is 2.27. The summed E-state index contributed by atoms with van der Waals surface area (Å²) in [7, 11) is 0. The molecule has 24 heavy (non-hydrogen) atoms. The number of aliphatic hydroxyl groups is 1. The minimum atomic E-state index is -0.696. The van der Waals surface area contributed by atoms with E-state index in [-0.39, 0.29) is 31.0 Å². The van der Waals surface area contributed by atoms with E-state index in [1.54, 1.807) is 0 Å². The quantitative estimate of drug-likeness (QED) is 0.448. The molecule has 5 N–H and O–H groups in total. The van der Waals surface area contributed by atoms with Crippen molar-refractivity contribution in [1.82, 2.24) is 10.6 Å². The Balaban J connectivity index is 0.00000529. The molecule has 0 spiro atoms. The molecule has 2 amide bonds. The molecule has 0 aromatic rings. The lowest BCUT2D eigenvalue weighted by molar-refractivity contribution is 0.126. The fourth-order valence-corrected chi connectivity index (χ4v) is 3.08. The van der Waals surface area contributed by atoms with Gasteiger partial charge in [0.1, 0.15) is 0 Å². The average molecular weight is 361 g/mol. The largest absolute Gasteiger partial charge is 0.390 e. The highest BCUT2D eigenvalue weighted by atomic mass is 35.5. The van der Waals surface area contributed by atoms with Crippen LogP contribution in [0, 0.1) is 17.2 Å². The lowest BCUT2D eigenvalue weighted by Gasteiger charge is -2.27. The van der Waals surface area contributed by atoms with Gasteiger partial charge in [-0.2, -0.15) is 5.26 Å². The Morgan fingerprint density at radius 3 is 2.58 bits per heavy atom. The van der Waals surface area contributed by atoms with Crippen LogP contribution in [0.3, 0.4) is 0 Å². The van der Waals surface area contributed by atoms with Crippen LogP contribution in [0.1, 0.15) is 64.2 Å². The van der Waals surface area contributed by atoms with Gasteiger partial charge < -0.3 is 21.5 Å². The van der Waals surface area contributed by atoms with Crippen LogP contribution in [0.2, 0.25) is 0 Å². The Morgan fingerprint density at radius 2 is 1.92 bits per heavy atom. The molecular weight excluding hydrogens is 328 g/mol. The summed E-state index contributed by atoms with van der Waals surface area (Å²) in [6.07, 6.45) is 9.63. The maximum atomic E-state index is 11.6. The first-order chi connectivity index (χ1) is 11.1. The number of amides is 2.